The summed E-state index contributed by atoms with van der Waals surface area (Å²) in [5.41, 5.74) is 1.22. The molecule has 8 heteroatoms. The molecule has 166 valence electrons. The highest BCUT2D eigenvalue weighted by Gasteiger charge is 2.25. The Morgan fingerprint density at radius 3 is 2.42 bits per heavy atom. The number of rotatable bonds is 4. The van der Waals surface area contributed by atoms with E-state index >= 15 is 0 Å². The first-order valence-corrected chi connectivity index (χ1v) is 10.9. The van der Waals surface area contributed by atoms with E-state index in [0.29, 0.717) is 37.4 Å². The van der Waals surface area contributed by atoms with Gasteiger partial charge in [0.2, 0.25) is 5.91 Å². The van der Waals surface area contributed by atoms with Crippen molar-refractivity contribution < 1.29 is 9.59 Å². The van der Waals surface area contributed by atoms with Gasteiger partial charge in [0.05, 0.1) is 12.7 Å². The monoisotopic (exact) mass is 441 g/mol. The first-order chi connectivity index (χ1) is 16.1. The molecule has 0 radical (unpaired) electrons. The maximum absolute atomic E-state index is 12.9. The molecular formula is C25H23N5O3. The number of carbonyl (C=O) groups excluding carboxylic acids is 2. The number of hydrogen-bond donors (Lipinski definition) is 1. The average Bonchev–Trinajstić information content (AvgIpc) is 2.87. The molecule has 0 aliphatic carbocycles. The summed E-state index contributed by atoms with van der Waals surface area (Å²) in [6.07, 6.45) is 3.09. The van der Waals surface area contributed by atoms with Crippen molar-refractivity contribution in [3.05, 3.63) is 89.0 Å². The molecule has 1 N–H and O–H groups in total. The number of pyridine rings is 1. The SMILES string of the molecule is O=C(CNc1cnc2ccccn2c1=O)N1CCN(C(=O)c2ccc3ccccc3c2)CC1. The molecule has 2 amide bonds. The van der Waals surface area contributed by atoms with Gasteiger partial charge < -0.3 is 15.1 Å². The number of piperazine rings is 1. The van der Waals surface area contributed by atoms with Gasteiger partial charge in [-0.15, -0.1) is 0 Å². The Hall–Kier alpha value is -4.20. The zero-order valence-electron chi connectivity index (χ0n) is 18.0. The van der Waals surface area contributed by atoms with Gasteiger partial charge >= 0.3 is 0 Å². The van der Waals surface area contributed by atoms with Crippen molar-refractivity contribution in [2.24, 2.45) is 0 Å². The molecule has 0 unspecified atom stereocenters. The van der Waals surface area contributed by atoms with E-state index in [0.717, 1.165) is 10.8 Å². The Kier molecular flexibility index (Phi) is 5.48. The number of nitrogens with one attached hydrogen (secondary N) is 1. The number of fused-ring (bicyclic) bond motifs is 2. The predicted octanol–water partition coefficient (Wildman–Crippen LogP) is 2.24. The Bertz CT molecular complexity index is 1410. The summed E-state index contributed by atoms with van der Waals surface area (Å²) in [5.74, 6) is -0.147. The topological polar surface area (TPSA) is 87.0 Å². The van der Waals surface area contributed by atoms with Crippen LogP contribution < -0.4 is 10.9 Å². The van der Waals surface area contributed by atoms with Gasteiger partial charge in [0.1, 0.15) is 11.3 Å². The maximum atomic E-state index is 12.9. The van der Waals surface area contributed by atoms with Crippen molar-refractivity contribution in [2.45, 2.75) is 0 Å². The second-order valence-corrected chi connectivity index (χ2v) is 7.99. The summed E-state index contributed by atoms with van der Waals surface area (Å²) in [5, 5.41) is 5.04. The van der Waals surface area contributed by atoms with E-state index in [1.807, 2.05) is 48.5 Å². The van der Waals surface area contributed by atoms with Crippen LogP contribution in [0.2, 0.25) is 0 Å². The molecular weight excluding hydrogens is 418 g/mol. The Morgan fingerprint density at radius 1 is 0.879 bits per heavy atom. The fourth-order valence-electron chi connectivity index (χ4n) is 4.09. The van der Waals surface area contributed by atoms with Crippen LogP contribution in [0, 0.1) is 0 Å². The van der Waals surface area contributed by atoms with Crippen molar-refractivity contribution in [1.29, 1.82) is 0 Å². The predicted molar refractivity (Wildman–Crippen MR) is 126 cm³/mol. The van der Waals surface area contributed by atoms with Gasteiger partial charge in [0.25, 0.3) is 11.5 Å². The molecule has 1 aliphatic heterocycles. The number of amides is 2. The van der Waals surface area contributed by atoms with Crippen LogP contribution in [-0.4, -0.2) is 63.7 Å². The van der Waals surface area contributed by atoms with Crippen molar-refractivity contribution in [2.75, 3.05) is 38.0 Å². The minimum absolute atomic E-state index is 0.00551. The molecule has 8 nitrogen and oxygen atoms in total. The van der Waals surface area contributed by atoms with Crippen LogP contribution in [0.15, 0.2) is 77.9 Å². The van der Waals surface area contributed by atoms with E-state index in [4.69, 9.17) is 0 Å². The molecule has 2 aromatic carbocycles. The van der Waals surface area contributed by atoms with Gasteiger partial charge in [0.15, 0.2) is 0 Å². The molecule has 0 atom stereocenters. The summed E-state index contributed by atoms with van der Waals surface area (Å²) in [7, 11) is 0. The van der Waals surface area contributed by atoms with Crippen molar-refractivity contribution in [3.8, 4) is 0 Å². The summed E-state index contributed by atoms with van der Waals surface area (Å²) >= 11 is 0. The lowest BCUT2D eigenvalue weighted by Crippen LogP contribution is -2.51. The third-order valence-corrected chi connectivity index (χ3v) is 5.96. The van der Waals surface area contributed by atoms with Crippen LogP contribution in [0.25, 0.3) is 16.4 Å². The second-order valence-electron chi connectivity index (χ2n) is 7.99. The van der Waals surface area contributed by atoms with Crippen LogP contribution in [0.4, 0.5) is 5.69 Å². The minimum atomic E-state index is -0.251. The van der Waals surface area contributed by atoms with Crippen molar-refractivity contribution in [3.63, 3.8) is 0 Å². The fourth-order valence-corrected chi connectivity index (χ4v) is 4.09. The van der Waals surface area contributed by atoms with Crippen LogP contribution in [0.3, 0.4) is 0 Å². The number of nitrogens with zero attached hydrogens (tertiary/aromatic N) is 4. The maximum Gasteiger partial charge on any atom is 0.281 e. The lowest BCUT2D eigenvalue weighted by Gasteiger charge is -2.35. The zero-order chi connectivity index (χ0) is 22.8. The van der Waals surface area contributed by atoms with E-state index in [1.54, 1.807) is 28.1 Å². The lowest BCUT2D eigenvalue weighted by molar-refractivity contribution is -0.130. The van der Waals surface area contributed by atoms with E-state index in [1.165, 1.54) is 10.6 Å². The van der Waals surface area contributed by atoms with Gasteiger partial charge in [-0.05, 0) is 35.0 Å². The largest absolute Gasteiger partial charge is 0.370 e. The smallest absolute Gasteiger partial charge is 0.281 e. The van der Waals surface area contributed by atoms with Crippen molar-refractivity contribution >= 4 is 33.9 Å². The fraction of sp³-hybridized carbons (Fsp3) is 0.200. The molecule has 0 saturated carbocycles. The number of carbonyl (C=O) groups is 2. The molecule has 1 saturated heterocycles. The van der Waals surface area contributed by atoms with Gasteiger partial charge in [-0.2, -0.15) is 0 Å². The normalized spacial score (nSPS) is 13.9. The highest BCUT2D eigenvalue weighted by atomic mass is 16.2. The molecule has 4 aromatic rings. The molecule has 5 rings (SSSR count). The summed E-state index contributed by atoms with van der Waals surface area (Å²) in [6, 6.07) is 19.0. The number of benzene rings is 2. The van der Waals surface area contributed by atoms with Crippen LogP contribution in [0.1, 0.15) is 10.4 Å². The molecule has 3 heterocycles. The van der Waals surface area contributed by atoms with Gasteiger partial charge in [-0.1, -0.05) is 36.4 Å². The average molecular weight is 441 g/mol. The number of aromatic nitrogens is 2. The Morgan fingerprint density at radius 2 is 1.61 bits per heavy atom. The first kappa shape index (κ1) is 20.7. The standard InChI is InChI=1S/C25H23N5O3/c31-23(17-26-21-16-27-22-7-3-4-10-30(22)25(21)33)28-11-13-29(14-12-28)24(32)20-9-8-18-5-1-2-6-19(18)15-20/h1-10,15-16,26H,11-14,17H2. The number of hydrogen-bond acceptors (Lipinski definition) is 5. The lowest BCUT2D eigenvalue weighted by atomic mass is 10.1. The van der Waals surface area contributed by atoms with Crippen molar-refractivity contribution in [1.82, 2.24) is 19.2 Å². The van der Waals surface area contributed by atoms with Gasteiger partial charge in [-0.25, -0.2) is 4.98 Å². The van der Waals surface area contributed by atoms with Crippen LogP contribution in [0.5, 0.6) is 0 Å². The van der Waals surface area contributed by atoms with E-state index < -0.39 is 0 Å². The summed E-state index contributed by atoms with van der Waals surface area (Å²) in [6.45, 7) is 1.84. The minimum Gasteiger partial charge on any atom is -0.370 e. The summed E-state index contributed by atoms with van der Waals surface area (Å²) in [4.78, 5) is 45.9. The van der Waals surface area contributed by atoms with Crippen LogP contribution >= 0.6 is 0 Å². The second kappa shape index (κ2) is 8.74. The third kappa shape index (κ3) is 4.15. The van der Waals surface area contributed by atoms with E-state index in [9.17, 15) is 14.4 Å². The Labute approximate surface area is 190 Å². The highest BCUT2D eigenvalue weighted by Crippen LogP contribution is 2.17. The van der Waals surface area contributed by atoms with Crippen LogP contribution in [-0.2, 0) is 4.79 Å². The quantitative estimate of drug-likeness (QED) is 0.525. The third-order valence-electron chi connectivity index (χ3n) is 5.96. The molecule has 0 bridgehead atoms. The van der Waals surface area contributed by atoms with E-state index in [2.05, 4.69) is 10.3 Å². The molecule has 0 spiro atoms. The molecule has 33 heavy (non-hydrogen) atoms. The first-order valence-electron chi connectivity index (χ1n) is 10.9. The zero-order valence-corrected chi connectivity index (χ0v) is 18.0. The van der Waals surface area contributed by atoms with Gasteiger partial charge in [-0.3, -0.25) is 18.8 Å². The molecule has 1 aliphatic rings. The Balaban J connectivity index is 1.18. The molecule has 2 aromatic heterocycles. The van der Waals surface area contributed by atoms with E-state index in [-0.39, 0.29) is 29.6 Å². The highest BCUT2D eigenvalue weighted by molar-refractivity contribution is 5.98. The van der Waals surface area contributed by atoms with Gasteiger partial charge in [0, 0.05) is 37.9 Å². The molecule has 1 fully saturated rings. The summed E-state index contributed by atoms with van der Waals surface area (Å²) < 4.78 is 1.43. The number of anilines is 1.